The summed E-state index contributed by atoms with van der Waals surface area (Å²) in [5.41, 5.74) is 3.14. The molecule has 0 amide bonds. The van der Waals surface area contributed by atoms with Gasteiger partial charge in [0.1, 0.15) is 0 Å². The molecule has 0 aliphatic heterocycles. The van der Waals surface area contributed by atoms with E-state index in [1.807, 2.05) is 24.3 Å². The fraction of sp³-hybridized carbons (Fsp3) is 0.200. The molecule has 0 radical (unpaired) electrons. The molecule has 1 atom stereocenters. The molecular weight excluding hydrogens is 304 g/mol. The highest BCUT2D eigenvalue weighted by Gasteiger charge is 2.18. The van der Waals surface area contributed by atoms with Gasteiger partial charge in [-0.05, 0) is 41.4 Å². The summed E-state index contributed by atoms with van der Waals surface area (Å²) in [7, 11) is 0. The van der Waals surface area contributed by atoms with Gasteiger partial charge in [-0.3, -0.25) is 4.79 Å². The van der Waals surface area contributed by atoms with Crippen molar-refractivity contribution >= 4 is 40.1 Å². The zero-order valence-corrected chi connectivity index (χ0v) is 13.0. The molecule has 1 aromatic carbocycles. The van der Waals surface area contributed by atoms with E-state index in [-0.39, 0.29) is 11.8 Å². The van der Waals surface area contributed by atoms with Crippen molar-refractivity contribution in [2.75, 3.05) is 5.75 Å². The van der Waals surface area contributed by atoms with Gasteiger partial charge in [0.05, 0.1) is 22.8 Å². The maximum absolute atomic E-state index is 10.8. The van der Waals surface area contributed by atoms with E-state index in [1.54, 1.807) is 11.3 Å². The molecule has 0 saturated carbocycles. The van der Waals surface area contributed by atoms with Gasteiger partial charge in [0, 0.05) is 0 Å². The minimum absolute atomic E-state index is 0.0136. The molecule has 1 unspecified atom stereocenters. The number of carbonyl (C=O) groups is 1. The first-order chi connectivity index (χ1) is 10.2. The normalized spacial score (nSPS) is 12.6. The van der Waals surface area contributed by atoms with E-state index in [4.69, 9.17) is 5.11 Å². The van der Waals surface area contributed by atoms with Gasteiger partial charge in [0.2, 0.25) is 0 Å². The Balaban J connectivity index is 2.08. The van der Waals surface area contributed by atoms with Crippen LogP contribution in [-0.2, 0) is 4.79 Å². The molecule has 1 N–H and O–H groups in total. The topological polar surface area (TPSA) is 55.1 Å². The molecule has 0 saturated heterocycles. The highest BCUT2D eigenvalue weighted by atomic mass is 32.2. The van der Waals surface area contributed by atoms with Crippen molar-refractivity contribution in [3.8, 4) is 0 Å². The monoisotopic (exact) mass is 318 g/mol. The van der Waals surface area contributed by atoms with Crippen LogP contribution >= 0.6 is 23.1 Å². The number of carboxylic acid groups (broad SMARTS) is 1. The Hall–Kier alpha value is -1.79. The van der Waals surface area contributed by atoms with Gasteiger partial charge in [0.25, 0.3) is 0 Å². The number of aliphatic carboxylic acids is 1. The lowest BCUT2D eigenvalue weighted by atomic mass is 10.2. The average molecular weight is 318 g/mol. The van der Waals surface area contributed by atoms with E-state index in [2.05, 4.69) is 33.3 Å². The SMILES string of the molecule is CC(c1ccsc1)n1c(SCC(=O)O)nc2ccccc21. The number of benzene rings is 1. The van der Waals surface area contributed by atoms with Crippen LogP contribution in [0, 0.1) is 0 Å². The van der Waals surface area contributed by atoms with Crippen LogP contribution in [0.4, 0.5) is 0 Å². The van der Waals surface area contributed by atoms with Gasteiger partial charge < -0.3 is 9.67 Å². The summed E-state index contributed by atoms with van der Waals surface area (Å²) >= 11 is 2.92. The van der Waals surface area contributed by atoms with Gasteiger partial charge in [-0.25, -0.2) is 4.98 Å². The van der Waals surface area contributed by atoms with Gasteiger partial charge in [-0.15, -0.1) is 0 Å². The Bertz CT molecular complexity index is 765. The Kier molecular flexibility index (Phi) is 3.98. The quantitative estimate of drug-likeness (QED) is 0.725. The lowest BCUT2D eigenvalue weighted by molar-refractivity contribution is -0.133. The van der Waals surface area contributed by atoms with Gasteiger partial charge in [-0.1, -0.05) is 23.9 Å². The summed E-state index contributed by atoms with van der Waals surface area (Å²) in [6.07, 6.45) is 0. The van der Waals surface area contributed by atoms with Crippen molar-refractivity contribution in [1.82, 2.24) is 9.55 Å². The molecule has 21 heavy (non-hydrogen) atoms. The van der Waals surface area contributed by atoms with Gasteiger partial charge in [-0.2, -0.15) is 11.3 Å². The standard InChI is InChI=1S/C15H14N2O2S2/c1-10(11-6-7-20-8-11)17-13-5-3-2-4-12(13)16-15(17)21-9-14(18)19/h2-8,10H,9H2,1H3,(H,18,19). The lowest BCUT2D eigenvalue weighted by Crippen LogP contribution is -2.08. The number of aromatic nitrogens is 2. The van der Waals surface area contributed by atoms with Crippen molar-refractivity contribution in [2.45, 2.75) is 18.1 Å². The maximum atomic E-state index is 10.8. The van der Waals surface area contributed by atoms with Crippen LogP contribution in [0.1, 0.15) is 18.5 Å². The molecule has 4 nitrogen and oxygen atoms in total. The highest BCUT2D eigenvalue weighted by molar-refractivity contribution is 7.99. The minimum Gasteiger partial charge on any atom is -0.481 e. The Morgan fingerprint density at radius 3 is 2.95 bits per heavy atom. The number of rotatable bonds is 5. The predicted octanol–water partition coefficient (Wildman–Crippen LogP) is 3.88. The van der Waals surface area contributed by atoms with Crippen molar-refractivity contribution in [3.05, 3.63) is 46.7 Å². The van der Waals surface area contributed by atoms with Gasteiger partial charge >= 0.3 is 5.97 Å². The van der Waals surface area contributed by atoms with Crippen molar-refractivity contribution in [3.63, 3.8) is 0 Å². The molecule has 3 rings (SSSR count). The largest absolute Gasteiger partial charge is 0.481 e. The zero-order valence-electron chi connectivity index (χ0n) is 11.4. The molecule has 2 heterocycles. The average Bonchev–Trinajstić information content (AvgIpc) is 3.11. The van der Waals surface area contributed by atoms with Crippen LogP contribution in [-0.4, -0.2) is 26.4 Å². The second-order valence-corrected chi connectivity index (χ2v) is 6.39. The number of imidazole rings is 1. The number of hydrogen-bond acceptors (Lipinski definition) is 4. The zero-order chi connectivity index (χ0) is 14.8. The molecule has 0 aliphatic rings. The van der Waals surface area contributed by atoms with Crippen molar-refractivity contribution in [1.29, 1.82) is 0 Å². The van der Waals surface area contributed by atoms with E-state index < -0.39 is 5.97 Å². The van der Waals surface area contributed by atoms with Crippen LogP contribution in [0.15, 0.2) is 46.2 Å². The number of carboxylic acids is 1. The van der Waals surface area contributed by atoms with Crippen LogP contribution in [0.3, 0.4) is 0 Å². The molecule has 3 aromatic rings. The molecule has 6 heteroatoms. The smallest absolute Gasteiger partial charge is 0.313 e. The van der Waals surface area contributed by atoms with E-state index in [0.717, 1.165) is 16.2 Å². The first-order valence-electron chi connectivity index (χ1n) is 6.50. The molecule has 2 aromatic heterocycles. The summed E-state index contributed by atoms with van der Waals surface area (Å²) in [5.74, 6) is -0.818. The fourth-order valence-electron chi connectivity index (χ4n) is 2.29. The first-order valence-corrected chi connectivity index (χ1v) is 8.43. The molecule has 0 bridgehead atoms. The maximum Gasteiger partial charge on any atom is 0.313 e. The predicted molar refractivity (Wildman–Crippen MR) is 86.2 cm³/mol. The summed E-state index contributed by atoms with van der Waals surface area (Å²) in [4.78, 5) is 15.4. The summed E-state index contributed by atoms with van der Waals surface area (Å²) < 4.78 is 2.12. The Labute approximate surface area is 130 Å². The van der Waals surface area contributed by atoms with Crippen molar-refractivity contribution < 1.29 is 9.90 Å². The number of thiophene rings is 1. The third-order valence-electron chi connectivity index (χ3n) is 3.30. The Morgan fingerprint density at radius 2 is 2.24 bits per heavy atom. The number of hydrogen-bond donors (Lipinski definition) is 1. The molecule has 0 aliphatic carbocycles. The van der Waals surface area contributed by atoms with E-state index in [9.17, 15) is 4.79 Å². The number of thioether (sulfide) groups is 1. The second-order valence-electron chi connectivity index (χ2n) is 4.67. The summed E-state index contributed by atoms with van der Waals surface area (Å²) in [5, 5.41) is 13.8. The molecule has 0 fully saturated rings. The summed E-state index contributed by atoms with van der Waals surface area (Å²) in [6, 6.07) is 10.1. The van der Waals surface area contributed by atoms with Crippen LogP contribution in [0.25, 0.3) is 11.0 Å². The van der Waals surface area contributed by atoms with Crippen LogP contribution in [0.5, 0.6) is 0 Å². The second kappa shape index (κ2) is 5.91. The third-order valence-corrected chi connectivity index (χ3v) is 4.94. The first kappa shape index (κ1) is 14.2. The van der Waals surface area contributed by atoms with E-state index in [1.165, 1.54) is 17.3 Å². The third kappa shape index (κ3) is 2.82. The summed E-state index contributed by atoms with van der Waals surface area (Å²) in [6.45, 7) is 2.11. The Morgan fingerprint density at radius 1 is 1.43 bits per heavy atom. The van der Waals surface area contributed by atoms with E-state index >= 15 is 0 Å². The number of nitrogens with zero attached hydrogens (tertiary/aromatic N) is 2. The number of para-hydroxylation sites is 2. The fourth-order valence-corrected chi connectivity index (χ4v) is 3.84. The molecule has 108 valence electrons. The van der Waals surface area contributed by atoms with Crippen LogP contribution < -0.4 is 0 Å². The highest BCUT2D eigenvalue weighted by Crippen LogP contribution is 2.31. The molecular formula is C15H14N2O2S2. The van der Waals surface area contributed by atoms with Crippen LogP contribution in [0.2, 0.25) is 0 Å². The van der Waals surface area contributed by atoms with Gasteiger partial charge in [0.15, 0.2) is 5.16 Å². The van der Waals surface area contributed by atoms with Crippen molar-refractivity contribution in [2.24, 2.45) is 0 Å². The minimum atomic E-state index is -0.832. The molecule has 0 spiro atoms. The number of fused-ring (bicyclic) bond motifs is 1. The lowest BCUT2D eigenvalue weighted by Gasteiger charge is -2.16. The van der Waals surface area contributed by atoms with E-state index in [0.29, 0.717) is 0 Å².